The first-order chi connectivity index (χ1) is 12.0. The first-order valence-corrected chi connectivity index (χ1v) is 10.9. The zero-order valence-corrected chi connectivity index (χ0v) is 17.4. The number of unbranched alkanes of at least 4 members (excludes halogenated alkanes) is 14. The fraction of sp³-hybridized carbons (Fsp3) is 0.955. The van der Waals surface area contributed by atoms with Gasteiger partial charge in [0.25, 0.3) is 0 Å². The van der Waals surface area contributed by atoms with E-state index in [1.165, 1.54) is 89.9 Å². The molecule has 0 aliphatic heterocycles. The van der Waals surface area contributed by atoms with Crippen LogP contribution in [0.2, 0.25) is 0 Å². The number of rotatable bonds is 18. The minimum atomic E-state index is -0.368. The zero-order chi connectivity index (χ0) is 18.8. The molecular weight excluding hydrogens is 310 g/mol. The molecule has 0 bridgehead atoms. The molecule has 0 fully saturated rings. The van der Waals surface area contributed by atoms with E-state index in [-0.39, 0.29) is 18.1 Å². The van der Waals surface area contributed by atoms with Gasteiger partial charge in [-0.1, -0.05) is 96.8 Å². The second-order valence-electron chi connectivity index (χ2n) is 8.14. The van der Waals surface area contributed by atoms with Gasteiger partial charge in [-0.25, -0.2) is 0 Å². The molecule has 0 spiro atoms. The highest BCUT2D eigenvalue weighted by Gasteiger charge is 2.21. The quantitative estimate of drug-likeness (QED) is 0.225. The van der Waals surface area contributed by atoms with Gasteiger partial charge in [0.1, 0.15) is 5.60 Å². The summed E-state index contributed by atoms with van der Waals surface area (Å²) in [6.45, 7) is 6.21. The van der Waals surface area contributed by atoms with E-state index >= 15 is 0 Å². The molecular formula is C22H45NO2. The van der Waals surface area contributed by atoms with Crippen molar-refractivity contribution in [2.24, 2.45) is 5.73 Å². The Balaban J connectivity index is 3.25. The van der Waals surface area contributed by atoms with Gasteiger partial charge in [-0.05, 0) is 26.7 Å². The summed E-state index contributed by atoms with van der Waals surface area (Å²) in [5.74, 6) is -0.300. The zero-order valence-electron chi connectivity index (χ0n) is 17.4. The van der Waals surface area contributed by atoms with Crippen molar-refractivity contribution in [3.8, 4) is 0 Å². The summed E-state index contributed by atoms with van der Waals surface area (Å²) < 4.78 is 5.34. The van der Waals surface area contributed by atoms with Crippen molar-refractivity contribution in [1.82, 2.24) is 0 Å². The molecule has 3 nitrogen and oxygen atoms in total. The molecule has 0 aromatic rings. The third kappa shape index (κ3) is 18.0. The van der Waals surface area contributed by atoms with Crippen LogP contribution in [-0.2, 0) is 9.53 Å². The minimum Gasteiger partial charge on any atom is -0.459 e. The van der Waals surface area contributed by atoms with E-state index in [1.807, 2.05) is 13.8 Å². The molecule has 0 saturated carbocycles. The van der Waals surface area contributed by atoms with Crippen LogP contribution in [-0.4, -0.2) is 18.1 Å². The van der Waals surface area contributed by atoms with Crippen LogP contribution in [0, 0.1) is 0 Å². The Bertz CT molecular complexity index is 302. The van der Waals surface area contributed by atoms with Crippen molar-refractivity contribution in [3.63, 3.8) is 0 Å². The van der Waals surface area contributed by atoms with Crippen LogP contribution in [0.1, 0.15) is 124 Å². The first-order valence-electron chi connectivity index (χ1n) is 10.9. The topological polar surface area (TPSA) is 52.3 Å². The average Bonchev–Trinajstić information content (AvgIpc) is 2.57. The predicted octanol–water partition coefficient (Wildman–Crippen LogP) is 6.53. The van der Waals surface area contributed by atoms with Crippen LogP contribution in [0.3, 0.4) is 0 Å². The molecule has 0 aliphatic carbocycles. The van der Waals surface area contributed by atoms with Gasteiger partial charge in [0, 0.05) is 0 Å². The smallest absolute Gasteiger partial charge is 0.320 e. The molecule has 0 heterocycles. The lowest BCUT2D eigenvalue weighted by molar-refractivity contribution is -0.155. The largest absolute Gasteiger partial charge is 0.459 e. The molecule has 0 aliphatic rings. The maximum absolute atomic E-state index is 11.2. The van der Waals surface area contributed by atoms with Gasteiger partial charge in [-0.15, -0.1) is 0 Å². The van der Waals surface area contributed by atoms with E-state index in [2.05, 4.69) is 6.92 Å². The SMILES string of the molecule is CCCCCCCCCCCCCCCCCC(C)(C)OC(=O)CN. The molecule has 2 N–H and O–H groups in total. The molecule has 3 heteroatoms. The summed E-state index contributed by atoms with van der Waals surface area (Å²) in [4.78, 5) is 11.2. The highest BCUT2D eigenvalue weighted by molar-refractivity contribution is 5.71. The molecule has 0 unspecified atom stereocenters. The van der Waals surface area contributed by atoms with Crippen LogP contribution < -0.4 is 5.73 Å². The van der Waals surface area contributed by atoms with Crippen molar-refractivity contribution in [1.29, 1.82) is 0 Å². The molecule has 0 atom stereocenters. The Morgan fingerprint density at radius 3 is 1.44 bits per heavy atom. The Kier molecular flexibility index (Phi) is 16.5. The monoisotopic (exact) mass is 355 g/mol. The number of ether oxygens (including phenoxy) is 1. The predicted molar refractivity (Wildman–Crippen MR) is 109 cm³/mol. The summed E-state index contributed by atoms with van der Waals surface area (Å²) >= 11 is 0. The average molecular weight is 356 g/mol. The van der Waals surface area contributed by atoms with Crippen molar-refractivity contribution in [2.75, 3.05) is 6.54 Å². The van der Waals surface area contributed by atoms with Gasteiger partial charge in [0.2, 0.25) is 0 Å². The van der Waals surface area contributed by atoms with Crippen molar-refractivity contribution in [2.45, 2.75) is 129 Å². The van der Waals surface area contributed by atoms with Crippen LogP contribution in [0.5, 0.6) is 0 Å². The van der Waals surface area contributed by atoms with Crippen molar-refractivity contribution < 1.29 is 9.53 Å². The molecule has 0 saturated heterocycles. The standard InChI is InChI=1S/C22H45NO2/c1-4-5-6-7-8-9-10-11-12-13-14-15-16-17-18-19-22(2,3)25-21(24)20-23/h4-20,23H2,1-3H3. The van der Waals surface area contributed by atoms with Gasteiger partial charge in [-0.2, -0.15) is 0 Å². The summed E-state index contributed by atoms with van der Waals surface area (Å²) in [7, 11) is 0. The number of esters is 1. The molecule has 25 heavy (non-hydrogen) atoms. The maximum Gasteiger partial charge on any atom is 0.320 e. The van der Waals surface area contributed by atoms with Crippen molar-refractivity contribution in [3.05, 3.63) is 0 Å². The molecule has 0 aromatic carbocycles. The lowest BCUT2D eigenvalue weighted by Gasteiger charge is -2.24. The Hall–Kier alpha value is -0.570. The van der Waals surface area contributed by atoms with Crippen LogP contribution in [0.4, 0.5) is 0 Å². The number of carbonyl (C=O) groups is 1. The summed E-state index contributed by atoms with van der Waals surface area (Å²) in [5.41, 5.74) is 4.92. The fourth-order valence-electron chi connectivity index (χ4n) is 3.32. The molecule has 0 radical (unpaired) electrons. The number of hydrogen-bond acceptors (Lipinski definition) is 3. The van der Waals surface area contributed by atoms with E-state index in [0.717, 1.165) is 12.8 Å². The van der Waals surface area contributed by atoms with Gasteiger partial charge in [0.15, 0.2) is 0 Å². The fourth-order valence-corrected chi connectivity index (χ4v) is 3.32. The Morgan fingerprint density at radius 2 is 1.08 bits per heavy atom. The van der Waals surface area contributed by atoms with Crippen LogP contribution in [0.25, 0.3) is 0 Å². The van der Waals surface area contributed by atoms with E-state index in [4.69, 9.17) is 10.5 Å². The number of hydrogen-bond donors (Lipinski definition) is 1. The van der Waals surface area contributed by atoms with Gasteiger partial charge in [-0.3, -0.25) is 4.79 Å². The van der Waals surface area contributed by atoms with Crippen LogP contribution >= 0.6 is 0 Å². The molecule has 150 valence electrons. The maximum atomic E-state index is 11.2. The van der Waals surface area contributed by atoms with Gasteiger partial charge >= 0.3 is 5.97 Å². The van der Waals surface area contributed by atoms with Gasteiger partial charge < -0.3 is 10.5 Å². The van der Waals surface area contributed by atoms with Crippen LogP contribution in [0.15, 0.2) is 0 Å². The third-order valence-electron chi connectivity index (χ3n) is 4.94. The highest BCUT2D eigenvalue weighted by atomic mass is 16.6. The minimum absolute atomic E-state index is 0.0255. The third-order valence-corrected chi connectivity index (χ3v) is 4.94. The van der Waals surface area contributed by atoms with E-state index in [9.17, 15) is 4.79 Å². The van der Waals surface area contributed by atoms with Crippen molar-refractivity contribution >= 4 is 5.97 Å². The first kappa shape index (κ1) is 24.4. The number of nitrogens with two attached hydrogens (primary N) is 1. The number of carbonyl (C=O) groups excluding carboxylic acids is 1. The van der Waals surface area contributed by atoms with E-state index in [1.54, 1.807) is 0 Å². The normalized spacial score (nSPS) is 11.7. The highest BCUT2D eigenvalue weighted by Crippen LogP contribution is 2.20. The van der Waals surface area contributed by atoms with E-state index < -0.39 is 0 Å². The Labute approximate surface area is 157 Å². The lowest BCUT2D eigenvalue weighted by Crippen LogP contribution is -2.31. The lowest BCUT2D eigenvalue weighted by atomic mass is 9.99. The second-order valence-corrected chi connectivity index (χ2v) is 8.14. The van der Waals surface area contributed by atoms with Gasteiger partial charge in [0.05, 0.1) is 6.54 Å². The summed E-state index contributed by atoms with van der Waals surface area (Å²) in [6, 6.07) is 0. The molecule has 0 amide bonds. The molecule has 0 aromatic heterocycles. The second kappa shape index (κ2) is 16.9. The summed E-state index contributed by atoms with van der Waals surface area (Å²) in [5, 5.41) is 0. The molecule has 0 rings (SSSR count). The Morgan fingerprint density at radius 1 is 0.720 bits per heavy atom. The summed E-state index contributed by atoms with van der Waals surface area (Å²) in [6.07, 6.45) is 21.5. The van der Waals surface area contributed by atoms with E-state index in [0.29, 0.717) is 0 Å².